The summed E-state index contributed by atoms with van der Waals surface area (Å²) in [4.78, 5) is 1.14. The molecule has 3 rings (SSSR count). The molecule has 2 heteroatoms. The van der Waals surface area contributed by atoms with E-state index in [1.807, 2.05) is 0 Å². The molecule has 3 aromatic rings. The van der Waals surface area contributed by atoms with Gasteiger partial charge < -0.3 is 0 Å². The van der Waals surface area contributed by atoms with Crippen LogP contribution in [0.2, 0.25) is 0 Å². The maximum atomic E-state index is 3.31. The molecule has 0 saturated heterocycles. The monoisotopic (exact) mass is 348 g/mol. The van der Waals surface area contributed by atoms with Crippen molar-refractivity contribution >= 4 is 32.1 Å². The molecule has 0 fully saturated rings. The van der Waals surface area contributed by atoms with Crippen LogP contribution in [0.3, 0.4) is 0 Å². The van der Waals surface area contributed by atoms with Gasteiger partial charge in [0.15, 0.2) is 0 Å². The zero-order valence-corrected chi connectivity index (χ0v) is 15.7. The molecule has 0 radical (unpaired) electrons. The molecule has 24 heavy (non-hydrogen) atoms. The van der Waals surface area contributed by atoms with Gasteiger partial charge in [0.2, 0.25) is 0 Å². The Hall–Kier alpha value is -2.00. The minimum Gasteiger partial charge on any atom is -0.143 e. The number of benzene rings is 1. The summed E-state index contributed by atoms with van der Waals surface area (Å²) in [7, 11) is 0. The molecular weight excluding hydrogens is 328 g/mol. The lowest BCUT2D eigenvalue weighted by atomic mass is 10.1. The first-order valence-corrected chi connectivity index (χ1v) is 10.0. The van der Waals surface area contributed by atoms with E-state index in [4.69, 9.17) is 0 Å². The fourth-order valence-corrected chi connectivity index (χ4v) is 4.43. The van der Waals surface area contributed by atoms with Crippen LogP contribution in [0.4, 0.5) is 0 Å². The number of hydrogen-bond donors (Lipinski definition) is 0. The van der Waals surface area contributed by atoms with Gasteiger partial charge in [0.1, 0.15) is 0 Å². The van der Waals surface area contributed by atoms with Crippen LogP contribution in [0.15, 0.2) is 35.7 Å². The molecule has 0 N–H and O–H groups in total. The highest BCUT2D eigenvalue weighted by molar-refractivity contribution is 7.27. The second kappa shape index (κ2) is 8.20. The Kier molecular flexibility index (Phi) is 5.76. The first-order valence-electron chi connectivity index (χ1n) is 8.35. The van der Waals surface area contributed by atoms with Crippen LogP contribution in [-0.4, -0.2) is 0 Å². The molecule has 0 nitrogen and oxygen atoms in total. The van der Waals surface area contributed by atoms with E-state index in [2.05, 4.69) is 73.2 Å². The molecule has 1 aromatic carbocycles. The Labute approximate surface area is 152 Å². The number of rotatable bonds is 3. The maximum Gasteiger partial charge on any atom is 0.0793 e. The molecule has 2 aromatic heterocycles. The minimum absolute atomic E-state index is 0.990. The number of aryl methyl sites for hydroxylation is 1. The van der Waals surface area contributed by atoms with E-state index in [0.29, 0.717) is 0 Å². The molecule has 0 aliphatic rings. The largest absolute Gasteiger partial charge is 0.143 e. The average molecular weight is 349 g/mol. The van der Waals surface area contributed by atoms with Crippen molar-refractivity contribution in [2.24, 2.45) is 0 Å². The Morgan fingerprint density at radius 2 is 1.88 bits per heavy atom. The van der Waals surface area contributed by atoms with Crippen molar-refractivity contribution in [1.29, 1.82) is 0 Å². The van der Waals surface area contributed by atoms with Crippen LogP contribution in [0.1, 0.15) is 54.2 Å². The van der Waals surface area contributed by atoms with Crippen molar-refractivity contribution in [3.63, 3.8) is 0 Å². The van der Waals surface area contributed by atoms with Gasteiger partial charge in [-0.1, -0.05) is 43.4 Å². The standard InChI is InChI=1S/C22H20S2/c1-3-4-5-6-7-8-18-9-10-19(17(2)15-18)11-12-20-16-22-21(24-20)13-14-23-22/h9-10,13-16H,3-6H2,1-2H3. The molecular formula is C22H20S2. The Morgan fingerprint density at radius 3 is 2.67 bits per heavy atom. The van der Waals surface area contributed by atoms with E-state index in [0.717, 1.165) is 22.4 Å². The van der Waals surface area contributed by atoms with E-state index in [-0.39, 0.29) is 0 Å². The molecule has 0 spiro atoms. The van der Waals surface area contributed by atoms with E-state index in [9.17, 15) is 0 Å². The Bertz CT molecular complexity index is 920. The fraction of sp³-hybridized carbons (Fsp3) is 0.273. The summed E-state index contributed by atoms with van der Waals surface area (Å²) in [5, 5.41) is 2.13. The normalized spacial score (nSPS) is 10.1. The maximum absolute atomic E-state index is 3.31. The van der Waals surface area contributed by atoms with Crippen LogP contribution in [0.5, 0.6) is 0 Å². The number of fused-ring (bicyclic) bond motifs is 1. The van der Waals surface area contributed by atoms with Crippen molar-refractivity contribution < 1.29 is 0 Å². The highest BCUT2D eigenvalue weighted by Crippen LogP contribution is 2.29. The highest BCUT2D eigenvalue weighted by atomic mass is 32.1. The van der Waals surface area contributed by atoms with Crippen molar-refractivity contribution in [2.45, 2.75) is 39.5 Å². The summed E-state index contributed by atoms with van der Waals surface area (Å²) in [6.07, 6.45) is 4.70. The van der Waals surface area contributed by atoms with Gasteiger partial charge in [-0.05, 0) is 54.6 Å². The van der Waals surface area contributed by atoms with Crippen LogP contribution in [0.25, 0.3) is 9.40 Å². The summed E-state index contributed by atoms with van der Waals surface area (Å²) in [6.45, 7) is 4.33. The molecule has 0 bridgehead atoms. The lowest BCUT2D eigenvalue weighted by Crippen LogP contribution is -1.84. The van der Waals surface area contributed by atoms with Gasteiger partial charge in [-0.2, -0.15) is 0 Å². The second-order valence-corrected chi connectivity index (χ2v) is 7.83. The Morgan fingerprint density at radius 1 is 0.958 bits per heavy atom. The van der Waals surface area contributed by atoms with E-state index < -0.39 is 0 Å². The molecule has 0 unspecified atom stereocenters. The third-order valence-corrected chi connectivity index (χ3v) is 5.83. The summed E-state index contributed by atoms with van der Waals surface area (Å²) in [5.74, 6) is 13.1. The van der Waals surface area contributed by atoms with Gasteiger partial charge in [0.25, 0.3) is 0 Å². The van der Waals surface area contributed by atoms with Crippen LogP contribution < -0.4 is 0 Å². The zero-order chi connectivity index (χ0) is 16.8. The summed E-state index contributed by atoms with van der Waals surface area (Å²) in [5.41, 5.74) is 3.37. The predicted octanol–water partition coefficient (Wildman–Crippen LogP) is 6.60. The Balaban J connectivity index is 1.71. The minimum atomic E-state index is 0.990. The molecule has 0 atom stereocenters. The van der Waals surface area contributed by atoms with Crippen molar-refractivity contribution in [1.82, 2.24) is 0 Å². The first-order chi connectivity index (χ1) is 11.8. The SMILES string of the molecule is CCCCCC#Cc1ccc(C#Cc2cc3sccc3s2)c(C)c1. The molecule has 2 heterocycles. The zero-order valence-electron chi connectivity index (χ0n) is 14.1. The van der Waals surface area contributed by atoms with E-state index >= 15 is 0 Å². The lowest BCUT2D eigenvalue weighted by molar-refractivity contribution is 0.737. The lowest BCUT2D eigenvalue weighted by Gasteiger charge is -1.98. The van der Waals surface area contributed by atoms with Gasteiger partial charge in [-0.15, -0.1) is 22.7 Å². The smallest absolute Gasteiger partial charge is 0.0793 e. The summed E-state index contributed by atoms with van der Waals surface area (Å²) in [6, 6.07) is 10.7. The molecule has 0 aliphatic carbocycles. The molecule has 0 amide bonds. The third kappa shape index (κ3) is 4.30. The van der Waals surface area contributed by atoms with Crippen molar-refractivity contribution in [3.05, 3.63) is 57.3 Å². The number of thiophene rings is 2. The first kappa shape index (κ1) is 16.8. The summed E-state index contributed by atoms with van der Waals surface area (Å²) < 4.78 is 2.66. The van der Waals surface area contributed by atoms with Crippen LogP contribution in [-0.2, 0) is 0 Å². The topological polar surface area (TPSA) is 0 Å². The molecule has 0 aliphatic heterocycles. The molecule has 120 valence electrons. The van der Waals surface area contributed by atoms with Crippen LogP contribution in [0, 0.1) is 30.6 Å². The van der Waals surface area contributed by atoms with Crippen LogP contribution >= 0.6 is 22.7 Å². The summed E-state index contributed by atoms with van der Waals surface area (Å²) >= 11 is 3.54. The quantitative estimate of drug-likeness (QED) is 0.369. The van der Waals surface area contributed by atoms with Crippen molar-refractivity contribution in [2.75, 3.05) is 0 Å². The number of hydrogen-bond acceptors (Lipinski definition) is 2. The third-order valence-electron chi connectivity index (χ3n) is 3.82. The fourth-order valence-electron chi connectivity index (χ4n) is 2.47. The van der Waals surface area contributed by atoms with E-state index in [1.54, 1.807) is 22.7 Å². The van der Waals surface area contributed by atoms with Gasteiger partial charge in [-0.25, -0.2) is 0 Å². The highest BCUT2D eigenvalue weighted by Gasteiger charge is 2.00. The van der Waals surface area contributed by atoms with Gasteiger partial charge in [0, 0.05) is 26.9 Å². The van der Waals surface area contributed by atoms with Crippen molar-refractivity contribution in [3.8, 4) is 23.7 Å². The van der Waals surface area contributed by atoms with E-state index in [1.165, 1.54) is 34.2 Å². The molecule has 0 saturated carbocycles. The van der Waals surface area contributed by atoms with Gasteiger partial charge in [-0.3, -0.25) is 0 Å². The average Bonchev–Trinajstić information content (AvgIpc) is 3.15. The number of unbranched alkanes of at least 4 members (excludes halogenated alkanes) is 3. The predicted molar refractivity (Wildman–Crippen MR) is 108 cm³/mol. The van der Waals surface area contributed by atoms with Gasteiger partial charge in [0.05, 0.1) is 4.88 Å². The second-order valence-electron chi connectivity index (χ2n) is 5.80. The van der Waals surface area contributed by atoms with Gasteiger partial charge >= 0.3 is 0 Å².